The van der Waals surface area contributed by atoms with Gasteiger partial charge in [0.2, 0.25) is 0 Å². The minimum Gasteiger partial charge on any atom is -0.309 e. The predicted molar refractivity (Wildman–Crippen MR) is 92.1 cm³/mol. The third-order valence-electron chi connectivity index (χ3n) is 2.98. The second-order valence-electron chi connectivity index (χ2n) is 4.41. The maximum atomic E-state index is 3.79. The second kappa shape index (κ2) is 11.2. The molecular formula is C19H29N. The fourth-order valence-electron chi connectivity index (χ4n) is 1.95. The van der Waals surface area contributed by atoms with Gasteiger partial charge in [-0.3, -0.25) is 0 Å². The van der Waals surface area contributed by atoms with E-state index in [-0.39, 0.29) is 0 Å². The molecule has 0 atom stereocenters. The van der Waals surface area contributed by atoms with Gasteiger partial charge in [-0.2, -0.15) is 0 Å². The number of allylic oxidation sites excluding steroid dienone is 2. The molecule has 1 aromatic carbocycles. The van der Waals surface area contributed by atoms with Crippen molar-refractivity contribution < 1.29 is 0 Å². The van der Waals surface area contributed by atoms with Crippen LogP contribution < -0.4 is 5.32 Å². The molecule has 1 heteroatoms. The van der Waals surface area contributed by atoms with Crippen LogP contribution in [0, 0.1) is 6.92 Å². The fraction of sp³-hybridized carbons (Fsp3) is 0.368. The molecule has 0 aliphatic carbocycles. The van der Waals surface area contributed by atoms with Crippen LogP contribution in [0.1, 0.15) is 37.5 Å². The van der Waals surface area contributed by atoms with Gasteiger partial charge in [0.05, 0.1) is 0 Å². The Morgan fingerprint density at radius 2 is 1.90 bits per heavy atom. The first-order chi connectivity index (χ1) is 9.71. The summed E-state index contributed by atoms with van der Waals surface area (Å²) in [6.07, 6.45) is 6.72. The molecule has 0 aliphatic rings. The molecule has 1 aromatic rings. The predicted octanol–water partition coefficient (Wildman–Crippen LogP) is 4.97. The van der Waals surface area contributed by atoms with Crippen molar-refractivity contribution in [2.45, 2.75) is 40.7 Å². The zero-order valence-electron chi connectivity index (χ0n) is 13.5. The van der Waals surface area contributed by atoms with Crippen LogP contribution in [0.5, 0.6) is 0 Å². The first-order valence-corrected chi connectivity index (χ1v) is 7.44. The summed E-state index contributed by atoms with van der Waals surface area (Å²) in [5.41, 5.74) is 5.30. The molecule has 0 radical (unpaired) electrons. The Morgan fingerprint density at radius 1 is 1.20 bits per heavy atom. The van der Waals surface area contributed by atoms with Gasteiger partial charge in [0, 0.05) is 13.1 Å². The molecule has 0 spiro atoms. The Bertz CT molecular complexity index is 441. The molecule has 0 unspecified atom stereocenters. The quantitative estimate of drug-likeness (QED) is 0.690. The molecule has 0 bridgehead atoms. The first kappa shape index (κ1) is 18.4. The Balaban J connectivity index is 0.00000172. The fourth-order valence-corrected chi connectivity index (χ4v) is 1.95. The summed E-state index contributed by atoms with van der Waals surface area (Å²) in [4.78, 5) is 0. The highest BCUT2D eigenvalue weighted by molar-refractivity contribution is 5.31. The SMILES string of the molecule is C=C/C=C(\C=C)CNCc1ccc(C)cc1CC.CC. The van der Waals surface area contributed by atoms with E-state index in [0.717, 1.165) is 25.1 Å². The maximum absolute atomic E-state index is 3.79. The van der Waals surface area contributed by atoms with Gasteiger partial charge in [-0.1, -0.05) is 75.9 Å². The van der Waals surface area contributed by atoms with Crippen LogP contribution in [-0.2, 0) is 13.0 Å². The summed E-state index contributed by atoms with van der Waals surface area (Å²) >= 11 is 0. The Kier molecular flexibility index (Phi) is 10.3. The average molecular weight is 271 g/mol. The van der Waals surface area contributed by atoms with Crippen LogP contribution in [0.2, 0.25) is 0 Å². The normalized spacial score (nSPS) is 10.5. The highest BCUT2D eigenvalue weighted by Crippen LogP contribution is 2.12. The molecule has 0 fully saturated rings. The highest BCUT2D eigenvalue weighted by atomic mass is 14.8. The summed E-state index contributed by atoms with van der Waals surface area (Å²) in [6, 6.07) is 6.65. The van der Waals surface area contributed by atoms with Crippen LogP contribution in [0.3, 0.4) is 0 Å². The van der Waals surface area contributed by atoms with E-state index < -0.39 is 0 Å². The van der Waals surface area contributed by atoms with Crippen LogP contribution in [0.15, 0.2) is 55.2 Å². The van der Waals surface area contributed by atoms with E-state index >= 15 is 0 Å². The van der Waals surface area contributed by atoms with Crippen molar-refractivity contribution >= 4 is 0 Å². The summed E-state index contributed by atoms with van der Waals surface area (Å²) in [7, 11) is 0. The van der Waals surface area contributed by atoms with E-state index in [4.69, 9.17) is 0 Å². The van der Waals surface area contributed by atoms with Crippen molar-refractivity contribution in [2.75, 3.05) is 6.54 Å². The number of nitrogens with one attached hydrogen (secondary N) is 1. The van der Waals surface area contributed by atoms with Crippen molar-refractivity contribution in [1.82, 2.24) is 5.32 Å². The zero-order valence-corrected chi connectivity index (χ0v) is 13.5. The Hall–Kier alpha value is -1.60. The van der Waals surface area contributed by atoms with E-state index in [9.17, 15) is 0 Å². The van der Waals surface area contributed by atoms with Crippen molar-refractivity contribution in [2.24, 2.45) is 0 Å². The molecule has 0 aliphatic heterocycles. The lowest BCUT2D eigenvalue weighted by Crippen LogP contribution is -2.17. The van der Waals surface area contributed by atoms with Gasteiger partial charge in [-0.05, 0) is 30.0 Å². The lowest BCUT2D eigenvalue weighted by molar-refractivity contribution is 0.740. The summed E-state index contributed by atoms with van der Waals surface area (Å²) in [6.45, 7) is 17.6. The van der Waals surface area contributed by atoms with E-state index in [0.29, 0.717) is 0 Å². The standard InChI is InChI=1S/C17H23N.C2H6/c1-5-8-15(6-2)12-18-13-17-10-9-14(4)11-16(17)7-3;1-2/h5-6,8-11,18H,1-2,7,12-13H2,3-4H3;1-2H3/b15-8+;. The van der Waals surface area contributed by atoms with Gasteiger partial charge in [0.25, 0.3) is 0 Å². The number of hydrogen-bond donors (Lipinski definition) is 1. The molecule has 0 amide bonds. The van der Waals surface area contributed by atoms with Crippen LogP contribution in [0.25, 0.3) is 0 Å². The van der Waals surface area contributed by atoms with E-state index in [1.165, 1.54) is 16.7 Å². The number of rotatable bonds is 7. The lowest BCUT2D eigenvalue weighted by atomic mass is 10.0. The number of aryl methyl sites for hydroxylation is 2. The monoisotopic (exact) mass is 271 g/mol. The molecule has 1 N–H and O–H groups in total. The summed E-state index contributed by atoms with van der Waals surface area (Å²) in [5, 5.41) is 3.44. The zero-order chi connectivity index (χ0) is 15.4. The van der Waals surface area contributed by atoms with Crippen LogP contribution >= 0.6 is 0 Å². The van der Waals surface area contributed by atoms with E-state index in [2.05, 4.69) is 50.5 Å². The highest BCUT2D eigenvalue weighted by Gasteiger charge is 2.01. The van der Waals surface area contributed by atoms with Crippen molar-refractivity contribution in [1.29, 1.82) is 0 Å². The van der Waals surface area contributed by atoms with Gasteiger partial charge in [-0.25, -0.2) is 0 Å². The van der Waals surface area contributed by atoms with Crippen molar-refractivity contribution in [3.63, 3.8) is 0 Å². The number of benzene rings is 1. The number of hydrogen-bond acceptors (Lipinski definition) is 1. The molecule has 1 rings (SSSR count). The third kappa shape index (κ3) is 6.53. The minimum atomic E-state index is 0.826. The van der Waals surface area contributed by atoms with E-state index in [1.807, 2.05) is 26.0 Å². The molecule has 110 valence electrons. The van der Waals surface area contributed by atoms with Crippen molar-refractivity contribution in [3.05, 3.63) is 71.8 Å². The van der Waals surface area contributed by atoms with Crippen LogP contribution in [0.4, 0.5) is 0 Å². The van der Waals surface area contributed by atoms with Gasteiger partial charge >= 0.3 is 0 Å². The van der Waals surface area contributed by atoms with Gasteiger partial charge in [0.1, 0.15) is 0 Å². The Labute approximate surface area is 125 Å². The van der Waals surface area contributed by atoms with Crippen LogP contribution in [-0.4, -0.2) is 6.54 Å². The van der Waals surface area contributed by atoms with E-state index in [1.54, 1.807) is 6.08 Å². The third-order valence-corrected chi connectivity index (χ3v) is 2.98. The maximum Gasteiger partial charge on any atom is 0.0211 e. The Morgan fingerprint density at radius 3 is 2.45 bits per heavy atom. The molecule has 1 nitrogen and oxygen atoms in total. The molecule has 20 heavy (non-hydrogen) atoms. The largest absolute Gasteiger partial charge is 0.309 e. The molecule has 0 aromatic heterocycles. The van der Waals surface area contributed by atoms with Crippen molar-refractivity contribution in [3.8, 4) is 0 Å². The topological polar surface area (TPSA) is 12.0 Å². The van der Waals surface area contributed by atoms with Gasteiger partial charge < -0.3 is 5.32 Å². The first-order valence-electron chi connectivity index (χ1n) is 7.44. The molecule has 0 saturated carbocycles. The smallest absolute Gasteiger partial charge is 0.0211 e. The summed E-state index contributed by atoms with van der Waals surface area (Å²) < 4.78 is 0. The summed E-state index contributed by atoms with van der Waals surface area (Å²) in [5.74, 6) is 0. The molecule has 0 heterocycles. The van der Waals surface area contributed by atoms with Gasteiger partial charge in [0.15, 0.2) is 0 Å². The average Bonchev–Trinajstić information content (AvgIpc) is 2.49. The molecule has 0 saturated heterocycles. The molecular weight excluding hydrogens is 242 g/mol. The van der Waals surface area contributed by atoms with Gasteiger partial charge in [-0.15, -0.1) is 0 Å². The lowest BCUT2D eigenvalue weighted by Gasteiger charge is -2.10. The second-order valence-corrected chi connectivity index (χ2v) is 4.41. The minimum absolute atomic E-state index is 0.826.